The summed E-state index contributed by atoms with van der Waals surface area (Å²) in [5, 5.41) is 2.79. The predicted octanol–water partition coefficient (Wildman–Crippen LogP) is 2.09. The predicted molar refractivity (Wildman–Crippen MR) is 50.1 cm³/mol. The van der Waals surface area contributed by atoms with Gasteiger partial charge in [0, 0.05) is 6.42 Å². The SMILES string of the molecule is CCCCC(=O)NCc1ccco1. The molecule has 0 spiro atoms. The molecule has 0 radical (unpaired) electrons. The van der Waals surface area contributed by atoms with Crippen LogP contribution >= 0.6 is 0 Å². The van der Waals surface area contributed by atoms with Crippen molar-refractivity contribution in [2.45, 2.75) is 32.7 Å². The molecule has 13 heavy (non-hydrogen) atoms. The number of hydrogen-bond donors (Lipinski definition) is 1. The number of furan rings is 1. The van der Waals surface area contributed by atoms with Gasteiger partial charge < -0.3 is 9.73 Å². The van der Waals surface area contributed by atoms with Gasteiger partial charge in [-0.25, -0.2) is 0 Å². The van der Waals surface area contributed by atoms with E-state index in [9.17, 15) is 4.79 Å². The van der Waals surface area contributed by atoms with E-state index in [2.05, 4.69) is 12.2 Å². The van der Waals surface area contributed by atoms with E-state index in [1.807, 2.05) is 12.1 Å². The summed E-state index contributed by atoms with van der Waals surface area (Å²) in [6.45, 7) is 2.56. The van der Waals surface area contributed by atoms with Crippen LogP contribution < -0.4 is 5.32 Å². The quantitative estimate of drug-likeness (QED) is 0.755. The van der Waals surface area contributed by atoms with E-state index in [0.29, 0.717) is 13.0 Å². The summed E-state index contributed by atoms with van der Waals surface area (Å²) in [4.78, 5) is 11.1. The fourth-order valence-electron chi connectivity index (χ4n) is 1.02. The molecule has 0 aromatic carbocycles. The largest absolute Gasteiger partial charge is 0.467 e. The lowest BCUT2D eigenvalue weighted by Crippen LogP contribution is -2.21. The van der Waals surface area contributed by atoms with Crippen LogP contribution in [0.15, 0.2) is 22.8 Å². The molecular formula is C10H15NO2. The lowest BCUT2D eigenvalue weighted by atomic mass is 10.2. The number of amides is 1. The monoisotopic (exact) mass is 181 g/mol. The van der Waals surface area contributed by atoms with E-state index in [0.717, 1.165) is 18.6 Å². The summed E-state index contributed by atoms with van der Waals surface area (Å²) in [5.41, 5.74) is 0. The maximum Gasteiger partial charge on any atom is 0.220 e. The van der Waals surface area contributed by atoms with E-state index >= 15 is 0 Å². The average Bonchev–Trinajstić information content (AvgIpc) is 2.64. The Kier molecular flexibility index (Phi) is 4.09. The molecule has 1 rings (SSSR count). The Hall–Kier alpha value is -1.25. The molecule has 3 nitrogen and oxygen atoms in total. The highest BCUT2D eigenvalue weighted by Crippen LogP contribution is 1.99. The molecule has 1 amide bonds. The van der Waals surface area contributed by atoms with Gasteiger partial charge in [-0.2, -0.15) is 0 Å². The van der Waals surface area contributed by atoms with Crippen LogP contribution in [0.1, 0.15) is 31.9 Å². The molecule has 0 fully saturated rings. The molecule has 0 unspecified atom stereocenters. The fraction of sp³-hybridized carbons (Fsp3) is 0.500. The number of nitrogens with one attached hydrogen (secondary N) is 1. The molecule has 3 heteroatoms. The highest BCUT2D eigenvalue weighted by molar-refractivity contribution is 5.75. The third-order valence-corrected chi connectivity index (χ3v) is 1.80. The second kappa shape index (κ2) is 5.41. The highest BCUT2D eigenvalue weighted by atomic mass is 16.3. The Labute approximate surface area is 78.1 Å². The van der Waals surface area contributed by atoms with Crippen LogP contribution in [0.5, 0.6) is 0 Å². The summed E-state index contributed by atoms with van der Waals surface area (Å²) in [6.07, 6.45) is 4.21. The molecule has 0 aliphatic carbocycles. The maximum atomic E-state index is 11.1. The zero-order chi connectivity index (χ0) is 9.52. The van der Waals surface area contributed by atoms with Crippen LogP contribution in [0.4, 0.5) is 0 Å². The highest BCUT2D eigenvalue weighted by Gasteiger charge is 2.00. The van der Waals surface area contributed by atoms with Gasteiger partial charge in [0.15, 0.2) is 0 Å². The van der Waals surface area contributed by atoms with Gasteiger partial charge in [0.1, 0.15) is 5.76 Å². The van der Waals surface area contributed by atoms with Crippen LogP contribution in [0.25, 0.3) is 0 Å². The molecule has 0 saturated heterocycles. The van der Waals surface area contributed by atoms with Crippen LogP contribution in [-0.2, 0) is 11.3 Å². The van der Waals surface area contributed by atoms with Crippen molar-refractivity contribution in [1.29, 1.82) is 0 Å². The van der Waals surface area contributed by atoms with E-state index in [1.54, 1.807) is 6.26 Å². The minimum Gasteiger partial charge on any atom is -0.467 e. The number of rotatable bonds is 5. The first-order valence-electron chi connectivity index (χ1n) is 4.62. The topological polar surface area (TPSA) is 42.2 Å². The van der Waals surface area contributed by atoms with E-state index in [1.165, 1.54) is 0 Å². The smallest absolute Gasteiger partial charge is 0.220 e. The molecular weight excluding hydrogens is 166 g/mol. The van der Waals surface area contributed by atoms with Gasteiger partial charge in [0.25, 0.3) is 0 Å². The van der Waals surface area contributed by atoms with Gasteiger partial charge in [-0.1, -0.05) is 13.3 Å². The normalized spacial score (nSPS) is 9.92. The Balaban J connectivity index is 2.15. The Bertz CT molecular complexity index is 241. The average molecular weight is 181 g/mol. The van der Waals surface area contributed by atoms with Gasteiger partial charge >= 0.3 is 0 Å². The molecule has 1 aromatic heterocycles. The number of hydrogen-bond acceptors (Lipinski definition) is 2. The zero-order valence-corrected chi connectivity index (χ0v) is 7.88. The summed E-state index contributed by atoms with van der Waals surface area (Å²) in [6, 6.07) is 3.66. The van der Waals surface area contributed by atoms with Crippen LogP contribution in [0, 0.1) is 0 Å². The van der Waals surface area contributed by atoms with Gasteiger partial charge in [-0.3, -0.25) is 4.79 Å². The van der Waals surface area contributed by atoms with E-state index in [4.69, 9.17) is 4.42 Å². The summed E-state index contributed by atoms with van der Waals surface area (Å²) >= 11 is 0. The second-order valence-electron chi connectivity index (χ2n) is 2.96. The van der Waals surface area contributed by atoms with Crippen LogP contribution in [-0.4, -0.2) is 5.91 Å². The molecule has 1 heterocycles. The first kappa shape index (κ1) is 9.84. The van der Waals surface area contributed by atoms with Crippen molar-refractivity contribution in [3.05, 3.63) is 24.2 Å². The standard InChI is InChI=1S/C10H15NO2/c1-2-3-6-10(12)11-8-9-5-4-7-13-9/h4-5,7H,2-3,6,8H2,1H3,(H,11,12). The lowest BCUT2D eigenvalue weighted by Gasteiger charge is -2.01. The third kappa shape index (κ3) is 3.78. The number of carbonyl (C=O) groups is 1. The Morgan fingerprint density at radius 2 is 2.46 bits per heavy atom. The molecule has 1 N–H and O–H groups in total. The number of unbranched alkanes of at least 4 members (excludes halogenated alkanes) is 1. The van der Waals surface area contributed by atoms with E-state index in [-0.39, 0.29) is 5.91 Å². The van der Waals surface area contributed by atoms with Crippen LogP contribution in [0.3, 0.4) is 0 Å². The van der Waals surface area contributed by atoms with Crippen molar-refractivity contribution in [2.24, 2.45) is 0 Å². The van der Waals surface area contributed by atoms with Gasteiger partial charge in [0.05, 0.1) is 12.8 Å². The van der Waals surface area contributed by atoms with Crippen LogP contribution in [0.2, 0.25) is 0 Å². The molecule has 0 aliphatic heterocycles. The summed E-state index contributed by atoms with van der Waals surface area (Å²) in [5.74, 6) is 0.892. The maximum absolute atomic E-state index is 11.1. The number of carbonyl (C=O) groups excluding carboxylic acids is 1. The lowest BCUT2D eigenvalue weighted by molar-refractivity contribution is -0.121. The molecule has 0 bridgehead atoms. The second-order valence-corrected chi connectivity index (χ2v) is 2.96. The first-order valence-corrected chi connectivity index (χ1v) is 4.62. The Morgan fingerprint density at radius 1 is 1.62 bits per heavy atom. The van der Waals surface area contributed by atoms with Crippen molar-refractivity contribution in [1.82, 2.24) is 5.32 Å². The third-order valence-electron chi connectivity index (χ3n) is 1.80. The summed E-state index contributed by atoms with van der Waals surface area (Å²) < 4.78 is 5.07. The minimum atomic E-state index is 0.0956. The molecule has 1 aromatic rings. The van der Waals surface area contributed by atoms with Gasteiger partial charge in [0.2, 0.25) is 5.91 Å². The van der Waals surface area contributed by atoms with Crippen molar-refractivity contribution in [3.8, 4) is 0 Å². The van der Waals surface area contributed by atoms with Crippen molar-refractivity contribution < 1.29 is 9.21 Å². The zero-order valence-electron chi connectivity index (χ0n) is 7.88. The van der Waals surface area contributed by atoms with Crippen molar-refractivity contribution in [3.63, 3.8) is 0 Å². The van der Waals surface area contributed by atoms with Crippen molar-refractivity contribution >= 4 is 5.91 Å². The Morgan fingerprint density at radius 3 is 3.08 bits per heavy atom. The first-order chi connectivity index (χ1) is 6.33. The molecule has 0 aliphatic rings. The molecule has 72 valence electrons. The van der Waals surface area contributed by atoms with Crippen molar-refractivity contribution in [2.75, 3.05) is 0 Å². The molecule has 0 atom stereocenters. The fourth-order valence-corrected chi connectivity index (χ4v) is 1.02. The van der Waals surface area contributed by atoms with E-state index < -0.39 is 0 Å². The molecule has 0 saturated carbocycles. The van der Waals surface area contributed by atoms with Gasteiger partial charge in [-0.05, 0) is 18.6 Å². The minimum absolute atomic E-state index is 0.0956. The summed E-state index contributed by atoms with van der Waals surface area (Å²) in [7, 11) is 0. The van der Waals surface area contributed by atoms with Gasteiger partial charge in [-0.15, -0.1) is 0 Å².